The molecule has 0 amide bonds. The molecule has 1 N–H and O–H groups in total. The molecule has 0 spiro atoms. The summed E-state index contributed by atoms with van der Waals surface area (Å²) < 4.78 is 41.4. The summed E-state index contributed by atoms with van der Waals surface area (Å²) in [6.45, 7) is 0. The van der Waals surface area contributed by atoms with Crippen molar-refractivity contribution >= 4 is 17.4 Å². The molecular weight excluding hydrogens is 317 g/mol. The fourth-order valence-electron chi connectivity index (χ4n) is 2.56. The highest BCUT2D eigenvalue weighted by Crippen LogP contribution is 2.45. The second kappa shape index (κ2) is 5.21. The molecule has 8 heteroatoms. The Morgan fingerprint density at radius 2 is 2.05 bits per heavy atom. The van der Waals surface area contributed by atoms with E-state index in [2.05, 4.69) is 10.4 Å². The van der Waals surface area contributed by atoms with Crippen LogP contribution in [0.3, 0.4) is 0 Å². The Morgan fingerprint density at radius 3 is 2.64 bits per heavy atom. The van der Waals surface area contributed by atoms with Gasteiger partial charge in [-0.25, -0.2) is 9.07 Å². The molecule has 1 aliphatic rings. The highest BCUT2D eigenvalue weighted by molar-refractivity contribution is 6.22. The third kappa shape index (κ3) is 2.50. The second-order valence-corrected chi connectivity index (χ2v) is 5.51. The minimum absolute atomic E-state index is 0.0400. The van der Waals surface area contributed by atoms with Gasteiger partial charge in [-0.05, 0) is 29.3 Å². The molecule has 1 aromatic heterocycles. The van der Waals surface area contributed by atoms with Gasteiger partial charge < -0.3 is 5.32 Å². The summed E-state index contributed by atoms with van der Waals surface area (Å²) in [4.78, 5) is 0. The lowest BCUT2D eigenvalue weighted by Gasteiger charge is -2.34. The molecule has 0 radical (unpaired) electrons. The van der Waals surface area contributed by atoms with E-state index in [4.69, 9.17) is 16.9 Å². The Hall–Kier alpha value is -2.20. The van der Waals surface area contributed by atoms with Crippen molar-refractivity contribution in [1.82, 2.24) is 9.78 Å². The minimum atomic E-state index is -3.52. The lowest BCUT2D eigenvalue weighted by molar-refractivity contribution is 0.0205. The number of aromatic nitrogens is 2. The van der Waals surface area contributed by atoms with Crippen LogP contribution < -0.4 is 5.32 Å². The van der Waals surface area contributed by atoms with E-state index in [0.29, 0.717) is 5.56 Å². The number of alkyl halides is 3. The second-order valence-electron chi connectivity index (χ2n) is 5.00. The van der Waals surface area contributed by atoms with Crippen LogP contribution in [0.15, 0.2) is 30.5 Å². The minimum Gasteiger partial charge on any atom is -0.362 e. The number of halogens is 4. The zero-order valence-corrected chi connectivity index (χ0v) is 11.9. The molecular formula is C14H10ClF3N4. The first-order valence-electron chi connectivity index (χ1n) is 6.46. The summed E-state index contributed by atoms with van der Waals surface area (Å²) in [5.41, 5.74) is 0.779. The van der Waals surface area contributed by atoms with Crippen molar-refractivity contribution in [2.24, 2.45) is 0 Å². The van der Waals surface area contributed by atoms with Gasteiger partial charge in [0.1, 0.15) is 29.3 Å². The largest absolute Gasteiger partial charge is 0.362 e. The number of benzene rings is 1. The monoisotopic (exact) mass is 326 g/mol. The van der Waals surface area contributed by atoms with E-state index < -0.39 is 23.3 Å². The van der Waals surface area contributed by atoms with Crippen LogP contribution in [0.2, 0.25) is 0 Å². The molecule has 1 aromatic carbocycles. The van der Waals surface area contributed by atoms with E-state index in [9.17, 15) is 13.2 Å². The van der Waals surface area contributed by atoms with Crippen LogP contribution in [0.5, 0.6) is 0 Å². The van der Waals surface area contributed by atoms with E-state index >= 15 is 0 Å². The predicted molar refractivity (Wildman–Crippen MR) is 74.2 cm³/mol. The topological polar surface area (TPSA) is 53.6 Å². The van der Waals surface area contributed by atoms with Gasteiger partial charge in [0, 0.05) is 6.42 Å². The molecule has 114 valence electrons. The first-order chi connectivity index (χ1) is 10.4. The summed E-state index contributed by atoms with van der Waals surface area (Å²) in [5.74, 6) is -0.227. The number of hydrogen-bond acceptors (Lipinski definition) is 3. The summed E-state index contributed by atoms with van der Waals surface area (Å²) in [6.07, 6.45) is 1.17. The van der Waals surface area contributed by atoms with Crippen LogP contribution in [-0.2, 0) is 0 Å². The van der Waals surface area contributed by atoms with Crippen molar-refractivity contribution in [3.8, 4) is 6.07 Å². The Bertz CT molecular complexity index is 730. The Kier molecular flexibility index (Phi) is 3.49. The summed E-state index contributed by atoms with van der Waals surface area (Å²) in [6, 6.07) is 5.49. The molecule has 0 saturated heterocycles. The molecule has 1 aliphatic heterocycles. The Morgan fingerprint density at radius 1 is 1.36 bits per heavy atom. The summed E-state index contributed by atoms with van der Waals surface area (Å²) in [5, 5.41) is 12.4. The molecule has 22 heavy (non-hydrogen) atoms. The van der Waals surface area contributed by atoms with Crippen LogP contribution in [0.1, 0.15) is 29.6 Å². The van der Waals surface area contributed by atoms with E-state index in [1.54, 1.807) is 0 Å². The van der Waals surface area contributed by atoms with E-state index in [0.717, 1.165) is 4.68 Å². The van der Waals surface area contributed by atoms with E-state index in [1.807, 2.05) is 6.07 Å². The van der Waals surface area contributed by atoms with Crippen molar-refractivity contribution < 1.29 is 13.2 Å². The molecule has 2 aromatic rings. The van der Waals surface area contributed by atoms with Gasteiger partial charge in [-0.1, -0.05) is 12.1 Å². The highest BCUT2D eigenvalue weighted by atomic mass is 35.5. The standard InChI is InChI=1S/C14H10ClF3N4/c15-14(17,18)12-5-11(8-1-3-10(16)4-2-8)21-13-9(6-19)7-20-22(12)13/h1-4,7,11-12,21H,5H2/t11-,12+/m0/s1. The fourth-order valence-corrected chi connectivity index (χ4v) is 2.74. The van der Waals surface area contributed by atoms with Gasteiger partial charge in [0.2, 0.25) is 0 Å². The third-order valence-corrected chi connectivity index (χ3v) is 3.88. The van der Waals surface area contributed by atoms with Gasteiger partial charge in [-0.2, -0.15) is 19.1 Å². The zero-order valence-electron chi connectivity index (χ0n) is 11.1. The number of nitrogens with one attached hydrogen (secondary N) is 1. The number of hydrogen-bond donors (Lipinski definition) is 1. The zero-order chi connectivity index (χ0) is 15.9. The molecule has 2 heterocycles. The lowest BCUT2D eigenvalue weighted by Crippen LogP contribution is -2.35. The number of nitriles is 1. The molecule has 0 saturated carbocycles. The smallest absolute Gasteiger partial charge is 0.343 e. The molecule has 0 aliphatic carbocycles. The predicted octanol–water partition coefficient (Wildman–Crippen LogP) is 3.82. The first-order valence-corrected chi connectivity index (χ1v) is 6.84. The fraction of sp³-hybridized carbons (Fsp3) is 0.286. The quantitative estimate of drug-likeness (QED) is 0.853. The maximum absolute atomic E-state index is 13.7. The van der Waals surface area contributed by atoms with Gasteiger partial charge in [0.15, 0.2) is 0 Å². The molecule has 4 nitrogen and oxygen atoms in total. The number of fused-ring (bicyclic) bond motifs is 1. The number of rotatable bonds is 2. The molecule has 0 bridgehead atoms. The van der Waals surface area contributed by atoms with Gasteiger partial charge >= 0.3 is 5.38 Å². The molecule has 0 unspecified atom stereocenters. The lowest BCUT2D eigenvalue weighted by atomic mass is 9.97. The van der Waals surface area contributed by atoms with Crippen LogP contribution in [0.4, 0.5) is 19.0 Å². The first kappa shape index (κ1) is 14.7. The Balaban J connectivity index is 2.03. The third-order valence-electron chi connectivity index (χ3n) is 3.63. The van der Waals surface area contributed by atoms with Gasteiger partial charge in [-0.15, -0.1) is 0 Å². The molecule has 3 rings (SSSR count). The normalized spacial score (nSPS) is 20.9. The van der Waals surface area contributed by atoms with E-state index in [-0.39, 0.29) is 17.8 Å². The highest BCUT2D eigenvalue weighted by Gasteiger charge is 2.45. The van der Waals surface area contributed by atoms with Crippen LogP contribution in [0.25, 0.3) is 0 Å². The molecule has 0 fully saturated rings. The molecule has 2 atom stereocenters. The van der Waals surface area contributed by atoms with Crippen molar-refractivity contribution in [2.75, 3.05) is 5.32 Å². The van der Waals surface area contributed by atoms with Crippen LogP contribution in [-0.4, -0.2) is 15.2 Å². The van der Waals surface area contributed by atoms with Gasteiger partial charge in [0.05, 0.1) is 12.2 Å². The van der Waals surface area contributed by atoms with Crippen molar-refractivity contribution in [2.45, 2.75) is 23.9 Å². The van der Waals surface area contributed by atoms with Crippen LogP contribution in [0, 0.1) is 17.1 Å². The van der Waals surface area contributed by atoms with E-state index in [1.165, 1.54) is 30.5 Å². The van der Waals surface area contributed by atoms with Gasteiger partial charge in [0.25, 0.3) is 0 Å². The average molecular weight is 327 g/mol. The summed E-state index contributed by atoms with van der Waals surface area (Å²) >= 11 is 5.21. The number of anilines is 1. The van der Waals surface area contributed by atoms with Gasteiger partial charge in [-0.3, -0.25) is 0 Å². The maximum atomic E-state index is 13.7. The Labute approximate surface area is 129 Å². The van der Waals surface area contributed by atoms with Crippen molar-refractivity contribution in [1.29, 1.82) is 5.26 Å². The summed E-state index contributed by atoms with van der Waals surface area (Å²) in [7, 11) is 0. The van der Waals surface area contributed by atoms with Crippen molar-refractivity contribution in [3.05, 3.63) is 47.4 Å². The maximum Gasteiger partial charge on any atom is 0.343 e. The number of nitrogens with zero attached hydrogens (tertiary/aromatic N) is 3. The van der Waals surface area contributed by atoms with Crippen LogP contribution >= 0.6 is 11.6 Å². The average Bonchev–Trinajstić information content (AvgIpc) is 2.88. The SMILES string of the molecule is N#Cc1cnn2c1N[C@H](c1ccc(F)cc1)C[C@@H]2C(F)(F)Cl. The van der Waals surface area contributed by atoms with Crippen molar-refractivity contribution in [3.63, 3.8) is 0 Å².